The Bertz CT molecular complexity index is 1830. The van der Waals surface area contributed by atoms with Crippen LogP contribution < -0.4 is 15.4 Å². The lowest BCUT2D eigenvalue weighted by Gasteiger charge is -2.29. The molecule has 7 heterocycles. The third-order valence-electron chi connectivity index (χ3n) is 7.67. The molecule has 1 saturated heterocycles. The fraction of sp³-hybridized carbons (Fsp3) is 0.188. The number of H-pyrrole nitrogens is 1. The summed E-state index contributed by atoms with van der Waals surface area (Å²) in [4.78, 5) is 13.1. The number of pyridine rings is 1. The average Bonchev–Trinajstić information content (AvgIpc) is 3.32. The maximum Gasteiger partial charge on any atom is 0.234 e. The molecular formula is C32H27N5O4. The number of nitrogens with one attached hydrogen (secondary N) is 3. The molecule has 1 fully saturated rings. The Morgan fingerprint density at radius 1 is 0.927 bits per heavy atom. The molecule has 0 aliphatic carbocycles. The number of methoxy groups -OCH3 is 1. The van der Waals surface area contributed by atoms with Crippen molar-refractivity contribution in [3.05, 3.63) is 119 Å². The minimum Gasteiger partial charge on any atom is -0.467 e. The number of allylic oxidation sites excluding steroid dienone is 5. The fourth-order valence-corrected chi connectivity index (χ4v) is 5.73. The molecule has 3 atom stereocenters. The van der Waals surface area contributed by atoms with Crippen molar-refractivity contribution >= 4 is 28.8 Å². The number of aromatic nitrogens is 2. The lowest BCUT2D eigenvalue weighted by Crippen LogP contribution is -2.54. The van der Waals surface area contributed by atoms with Crippen LogP contribution in [-0.2, 0) is 14.2 Å². The summed E-state index contributed by atoms with van der Waals surface area (Å²) in [6.07, 6.45) is 13.5. The van der Waals surface area contributed by atoms with Gasteiger partial charge in [0.1, 0.15) is 0 Å². The highest BCUT2D eigenvalue weighted by atomic mass is 16.7. The average molecular weight is 546 g/mol. The number of nitrogens with zero attached hydrogens (tertiary/aromatic N) is 2. The van der Waals surface area contributed by atoms with Crippen molar-refractivity contribution in [3.63, 3.8) is 0 Å². The van der Waals surface area contributed by atoms with Crippen molar-refractivity contribution < 1.29 is 18.9 Å². The first kappa shape index (κ1) is 24.0. The van der Waals surface area contributed by atoms with Gasteiger partial charge in [-0.2, -0.15) is 0 Å². The Labute approximate surface area is 236 Å². The molecule has 1 unspecified atom stereocenters. The summed E-state index contributed by atoms with van der Waals surface area (Å²) < 4.78 is 24.5. The van der Waals surface area contributed by atoms with Gasteiger partial charge in [0, 0.05) is 47.4 Å². The molecule has 41 heavy (non-hydrogen) atoms. The molecule has 5 aliphatic rings. The molecule has 0 amide bonds. The van der Waals surface area contributed by atoms with Gasteiger partial charge in [0.2, 0.25) is 17.3 Å². The molecule has 0 radical (unpaired) electrons. The van der Waals surface area contributed by atoms with Crippen molar-refractivity contribution in [1.29, 1.82) is 0 Å². The topological polar surface area (TPSA) is 105 Å². The second-order valence-electron chi connectivity index (χ2n) is 10.6. The Balaban J connectivity index is 1.24. The van der Waals surface area contributed by atoms with Gasteiger partial charge < -0.3 is 34.6 Å². The van der Waals surface area contributed by atoms with E-state index in [2.05, 4.69) is 34.7 Å². The van der Waals surface area contributed by atoms with Crippen LogP contribution in [0, 0.1) is 0 Å². The maximum atomic E-state index is 6.70. The summed E-state index contributed by atoms with van der Waals surface area (Å²) in [6.45, 7) is 2.14. The first-order chi connectivity index (χ1) is 20.0. The zero-order valence-electron chi connectivity index (χ0n) is 22.5. The van der Waals surface area contributed by atoms with E-state index in [1.807, 2.05) is 78.9 Å². The van der Waals surface area contributed by atoms with Gasteiger partial charge in [-0.25, -0.2) is 9.98 Å². The number of ether oxygens (including phenoxy) is 4. The van der Waals surface area contributed by atoms with Crippen LogP contribution in [0.5, 0.6) is 5.88 Å². The quantitative estimate of drug-likeness (QED) is 0.316. The third kappa shape index (κ3) is 4.01. The standard InChI is InChI=1S/C32H27N5O4/c1-19-13-24-15-25-17-28(39-18-38-2)32(37-25)30(41-32)31(40-29-10-7-20-5-3-4-6-26(20)35-29)12-11-23(36-31)14-21-8-9-22(33-21)16-27(19)34-24/h3-17,30,33,36-37H,18H2,1-2H3/b23-14-,25-15-,27-16-/t30-,31+,32?/m1/s1. The molecule has 9 heteroatoms. The number of aromatic amines is 1. The van der Waals surface area contributed by atoms with E-state index in [-0.39, 0.29) is 6.79 Å². The molecule has 9 nitrogen and oxygen atoms in total. The largest absolute Gasteiger partial charge is 0.467 e. The smallest absolute Gasteiger partial charge is 0.234 e. The molecule has 8 rings (SSSR count). The van der Waals surface area contributed by atoms with Crippen LogP contribution in [0.3, 0.4) is 0 Å². The first-order valence-corrected chi connectivity index (χ1v) is 13.5. The Morgan fingerprint density at radius 3 is 2.71 bits per heavy atom. The van der Waals surface area contributed by atoms with Crippen LogP contribution in [-0.4, -0.2) is 47.1 Å². The number of hydrogen-bond donors (Lipinski definition) is 3. The molecule has 0 saturated carbocycles. The summed E-state index contributed by atoms with van der Waals surface area (Å²) in [5.74, 6) is 1.07. The van der Waals surface area contributed by atoms with Gasteiger partial charge >= 0.3 is 0 Å². The number of benzene rings is 1. The second-order valence-corrected chi connectivity index (χ2v) is 10.6. The maximum absolute atomic E-state index is 6.70. The molecule has 1 spiro atoms. The fourth-order valence-electron chi connectivity index (χ4n) is 5.73. The normalized spacial score (nSPS) is 30.8. The zero-order chi connectivity index (χ0) is 27.6. The van der Waals surface area contributed by atoms with Crippen LogP contribution in [0.2, 0.25) is 0 Å². The molecular weight excluding hydrogens is 518 g/mol. The van der Waals surface area contributed by atoms with E-state index in [1.54, 1.807) is 7.11 Å². The highest BCUT2D eigenvalue weighted by Gasteiger charge is 2.73. The van der Waals surface area contributed by atoms with Crippen molar-refractivity contribution in [2.24, 2.45) is 4.99 Å². The Morgan fingerprint density at radius 2 is 1.80 bits per heavy atom. The monoisotopic (exact) mass is 545 g/mol. The molecule has 1 aromatic carbocycles. The molecule has 5 aliphatic heterocycles. The van der Waals surface area contributed by atoms with Crippen LogP contribution >= 0.6 is 0 Å². The van der Waals surface area contributed by atoms with E-state index in [0.29, 0.717) is 11.6 Å². The molecule has 8 bridgehead atoms. The number of rotatable bonds is 5. The predicted octanol–water partition coefficient (Wildman–Crippen LogP) is 4.68. The predicted molar refractivity (Wildman–Crippen MR) is 155 cm³/mol. The highest BCUT2D eigenvalue weighted by molar-refractivity contribution is 6.08. The second kappa shape index (κ2) is 8.82. The van der Waals surface area contributed by atoms with E-state index >= 15 is 0 Å². The van der Waals surface area contributed by atoms with Crippen LogP contribution in [0.4, 0.5) is 0 Å². The SMILES string of the molecule is COCOC1=C/C2=C/C3=NC(=C\c4ccc([nH]4)/C=C4/C=C[C@@](Oc5ccc6ccccc6n5)(N4)[C@H]4OC14N2)/C(C)=C3. The summed E-state index contributed by atoms with van der Waals surface area (Å²) in [5, 5.41) is 8.16. The van der Waals surface area contributed by atoms with Crippen LogP contribution in [0.25, 0.3) is 23.1 Å². The number of epoxide rings is 1. The summed E-state index contributed by atoms with van der Waals surface area (Å²) in [6, 6.07) is 15.9. The van der Waals surface area contributed by atoms with Crippen molar-refractivity contribution in [3.8, 4) is 5.88 Å². The van der Waals surface area contributed by atoms with E-state index in [0.717, 1.165) is 50.7 Å². The lowest BCUT2D eigenvalue weighted by molar-refractivity contribution is -0.00899. The minimum atomic E-state index is -1.08. The van der Waals surface area contributed by atoms with Gasteiger partial charge in [-0.3, -0.25) is 0 Å². The van der Waals surface area contributed by atoms with Gasteiger partial charge in [-0.1, -0.05) is 18.2 Å². The van der Waals surface area contributed by atoms with Gasteiger partial charge in [-0.15, -0.1) is 0 Å². The Hall–Kier alpha value is -4.86. The van der Waals surface area contributed by atoms with Crippen LogP contribution in [0.15, 0.2) is 112 Å². The first-order valence-electron chi connectivity index (χ1n) is 13.5. The summed E-state index contributed by atoms with van der Waals surface area (Å²) >= 11 is 0. The number of hydrogen-bond acceptors (Lipinski definition) is 8. The van der Waals surface area contributed by atoms with Crippen molar-refractivity contribution in [1.82, 2.24) is 20.6 Å². The zero-order valence-corrected chi connectivity index (χ0v) is 22.5. The van der Waals surface area contributed by atoms with E-state index in [1.165, 1.54) is 0 Å². The molecule has 3 aromatic rings. The summed E-state index contributed by atoms with van der Waals surface area (Å²) in [5.41, 5.74) is 5.20. The van der Waals surface area contributed by atoms with Crippen molar-refractivity contribution in [2.45, 2.75) is 24.5 Å². The van der Waals surface area contributed by atoms with Crippen LogP contribution in [0.1, 0.15) is 18.3 Å². The Kier molecular flexibility index (Phi) is 5.16. The summed E-state index contributed by atoms with van der Waals surface area (Å²) in [7, 11) is 1.59. The van der Waals surface area contributed by atoms with E-state index in [4.69, 9.17) is 28.9 Å². The van der Waals surface area contributed by atoms with Gasteiger partial charge in [0.25, 0.3) is 0 Å². The number of para-hydroxylation sites is 1. The molecule has 2 aromatic heterocycles. The lowest BCUT2D eigenvalue weighted by atomic mass is 10.0. The highest BCUT2D eigenvalue weighted by Crippen LogP contribution is 2.52. The third-order valence-corrected chi connectivity index (χ3v) is 7.67. The van der Waals surface area contributed by atoms with Gasteiger partial charge in [0.15, 0.2) is 18.7 Å². The van der Waals surface area contributed by atoms with Crippen molar-refractivity contribution in [2.75, 3.05) is 13.9 Å². The number of aliphatic imine (C=N–C) groups is 1. The van der Waals surface area contributed by atoms with Gasteiger partial charge in [0.05, 0.1) is 16.9 Å². The molecule has 3 N–H and O–H groups in total. The minimum absolute atomic E-state index is 0.0783. The number of fused-ring (bicyclic) bond motifs is 8. The van der Waals surface area contributed by atoms with E-state index in [9.17, 15) is 0 Å². The molecule has 204 valence electrons. The van der Waals surface area contributed by atoms with E-state index < -0.39 is 17.6 Å². The van der Waals surface area contributed by atoms with Gasteiger partial charge in [-0.05, 0) is 73.2 Å².